The third kappa shape index (κ3) is 1.88. The Morgan fingerprint density at radius 3 is 2.12 bits per heavy atom. The van der Waals surface area contributed by atoms with E-state index in [1.54, 1.807) is 0 Å². The number of rotatable bonds is 3. The van der Waals surface area contributed by atoms with E-state index in [9.17, 15) is 4.79 Å². The maximum Gasteiger partial charge on any atom is 0.307 e. The summed E-state index contributed by atoms with van der Waals surface area (Å²) in [5, 5.41) is 0. The van der Waals surface area contributed by atoms with Crippen molar-refractivity contribution in [2.45, 2.75) is 51.0 Å². The molecule has 0 saturated heterocycles. The molecule has 4 bridgehead atoms. The van der Waals surface area contributed by atoms with Crippen LogP contribution in [0.15, 0.2) is 0 Å². The zero-order valence-electron chi connectivity index (χ0n) is 10.7. The van der Waals surface area contributed by atoms with Crippen molar-refractivity contribution in [1.82, 2.24) is 0 Å². The molecule has 96 valence electrons. The first-order valence-electron chi connectivity index (χ1n) is 6.94. The molecule has 4 aliphatic rings. The van der Waals surface area contributed by atoms with Crippen LogP contribution in [0.3, 0.4) is 0 Å². The molecule has 4 saturated carbocycles. The molecule has 2 N–H and O–H groups in total. The minimum Gasteiger partial charge on any atom is -0.469 e. The second-order valence-electron chi connectivity index (χ2n) is 6.67. The number of ether oxygens (including phenoxy) is 1. The van der Waals surface area contributed by atoms with Crippen LogP contribution in [0.2, 0.25) is 0 Å². The van der Waals surface area contributed by atoms with E-state index in [1.165, 1.54) is 45.6 Å². The average Bonchev–Trinajstić information content (AvgIpc) is 2.26. The molecule has 0 aliphatic heterocycles. The fourth-order valence-corrected chi connectivity index (χ4v) is 5.11. The summed E-state index contributed by atoms with van der Waals surface area (Å²) in [5.74, 6) is 2.54. The topological polar surface area (TPSA) is 52.3 Å². The lowest BCUT2D eigenvalue weighted by Gasteiger charge is -2.58. The standard InChI is InChI=1S/C14H23NO2/c1-17-13(16)5-12(15)14-6-9-2-10(7-14)4-11(3-9)8-14/h9-12H,2-8,15H2,1H3. The molecule has 1 unspecified atom stereocenters. The SMILES string of the molecule is COC(=O)CC(N)C12CC3CC(CC(C3)C1)C2. The van der Waals surface area contributed by atoms with Crippen LogP contribution in [-0.4, -0.2) is 19.1 Å². The highest BCUT2D eigenvalue weighted by molar-refractivity contribution is 5.70. The first kappa shape index (κ1) is 11.5. The van der Waals surface area contributed by atoms with Gasteiger partial charge in [0.2, 0.25) is 0 Å². The van der Waals surface area contributed by atoms with Gasteiger partial charge in [-0.1, -0.05) is 0 Å². The number of methoxy groups -OCH3 is 1. The highest BCUT2D eigenvalue weighted by atomic mass is 16.5. The average molecular weight is 237 g/mol. The van der Waals surface area contributed by atoms with Crippen LogP contribution in [0.1, 0.15) is 44.9 Å². The van der Waals surface area contributed by atoms with E-state index in [0.29, 0.717) is 6.42 Å². The summed E-state index contributed by atoms with van der Waals surface area (Å²) in [6.45, 7) is 0. The molecule has 0 heterocycles. The summed E-state index contributed by atoms with van der Waals surface area (Å²) in [4.78, 5) is 11.4. The van der Waals surface area contributed by atoms with Crippen molar-refractivity contribution in [2.75, 3.05) is 7.11 Å². The number of nitrogens with two attached hydrogens (primary N) is 1. The number of esters is 1. The Labute approximate surface area is 103 Å². The molecular formula is C14H23NO2. The first-order valence-corrected chi connectivity index (χ1v) is 6.94. The molecule has 4 aliphatic carbocycles. The van der Waals surface area contributed by atoms with Crippen LogP contribution >= 0.6 is 0 Å². The molecule has 4 fully saturated rings. The largest absolute Gasteiger partial charge is 0.469 e. The summed E-state index contributed by atoms with van der Waals surface area (Å²) in [5.41, 5.74) is 6.62. The Hall–Kier alpha value is -0.570. The minimum absolute atomic E-state index is 0.0170. The van der Waals surface area contributed by atoms with Crippen molar-refractivity contribution in [2.24, 2.45) is 28.9 Å². The highest BCUT2D eigenvalue weighted by Crippen LogP contribution is 2.61. The Morgan fingerprint density at radius 1 is 1.24 bits per heavy atom. The van der Waals surface area contributed by atoms with Crippen molar-refractivity contribution in [3.8, 4) is 0 Å². The van der Waals surface area contributed by atoms with Crippen molar-refractivity contribution < 1.29 is 9.53 Å². The van der Waals surface area contributed by atoms with Crippen LogP contribution < -0.4 is 5.73 Å². The number of hydrogen-bond donors (Lipinski definition) is 1. The lowest BCUT2D eigenvalue weighted by molar-refractivity contribution is -0.143. The van der Waals surface area contributed by atoms with Crippen molar-refractivity contribution in [3.63, 3.8) is 0 Å². The van der Waals surface area contributed by atoms with Crippen molar-refractivity contribution in [1.29, 1.82) is 0 Å². The van der Waals surface area contributed by atoms with Gasteiger partial charge in [0.05, 0.1) is 13.5 Å². The van der Waals surface area contributed by atoms with Gasteiger partial charge in [0.15, 0.2) is 0 Å². The van der Waals surface area contributed by atoms with E-state index in [-0.39, 0.29) is 17.4 Å². The van der Waals surface area contributed by atoms with Gasteiger partial charge in [0, 0.05) is 6.04 Å². The van der Waals surface area contributed by atoms with Crippen molar-refractivity contribution >= 4 is 5.97 Å². The summed E-state index contributed by atoms with van der Waals surface area (Å²) in [7, 11) is 1.45. The van der Waals surface area contributed by atoms with Crippen LogP contribution in [0.25, 0.3) is 0 Å². The highest BCUT2D eigenvalue weighted by Gasteiger charge is 2.53. The van der Waals surface area contributed by atoms with E-state index < -0.39 is 0 Å². The van der Waals surface area contributed by atoms with Gasteiger partial charge in [-0.25, -0.2) is 0 Å². The number of carbonyl (C=O) groups is 1. The molecule has 1 atom stereocenters. The quantitative estimate of drug-likeness (QED) is 0.765. The Morgan fingerprint density at radius 2 is 1.71 bits per heavy atom. The lowest BCUT2D eigenvalue weighted by atomic mass is 9.47. The van der Waals surface area contributed by atoms with Gasteiger partial charge in [0.1, 0.15) is 0 Å². The Balaban J connectivity index is 1.75. The molecule has 4 rings (SSSR count). The zero-order chi connectivity index (χ0) is 12.0. The summed E-state index contributed by atoms with van der Waals surface area (Å²) in [6.07, 6.45) is 8.45. The van der Waals surface area contributed by atoms with E-state index in [4.69, 9.17) is 10.5 Å². The van der Waals surface area contributed by atoms with Crippen molar-refractivity contribution in [3.05, 3.63) is 0 Å². The zero-order valence-corrected chi connectivity index (χ0v) is 10.7. The first-order chi connectivity index (χ1) is 8.11. The third-order valence-corrected chi connectivity index (χ3v) is 5.49. The van der Waals surface area contributed by atoms with Gasteiger partial charge >= 0.3 is 5.97 Å². The molecule has 0 aromatic rings. The minimum atomic E-state index is -0.145. The van der Waals surface area contributed by atoms with Gasteiger partial charge in [0.25, 0.3) is 0 Å². The maximum absolute atomic E-state index is 11.4. The molecule has 3 nitrogen and oxygen atoms in total. The number of carbonyl (C=O) groups excluding carboxylic acids is 1. The molecule has 0 aromatic carbocycles. The monoisotopic (exact) mass is 237 g/mol. The molecule has 0 spiro atoms. The maximum atomic E-state index is 11.4. The van der Waals surface area contributed by atoms with E-state index in [0.717, 1.165) is 17.8 Å². The van der Waals surface area contributed by atoms with E-state index in [2.05, 4.69) is 0 Å². The summed E-state index contributed by atoms with van der Waals surface area (Å²) >= 11 is 0. The predicted octanol–water partition coefficient (Wildman–Crippen LogP) is 2.09. The van der Waals surface area contributed by atoms with Crippen LogP contribution in [0.4, 0.5) is 0 Å². The Bertz CT molecular complexity index is 291. The molecule has 17 heavy (non-hydrogen) atoms. The van der Waals surface area contributed by atoms with Gasteiger partial charge in [-0.3, -0.25) is 4.79 Å². The predicted molar refractivity (Wildman–Crippen MR) is 65.2 cm³/mol. The van der Waals surface area contributed by atoms with Gasteiger partial charge in [-0.15, -0.1) is 0 Å². The van der Waals surface area contributed by atoms with Crippen LogP contribution in [0, 0.1) is 23.2 Å². The lowest BCUT2D eigenvalue weighted by Crippen LogP contribution is -2.55. The fraction of sp³-hybridized carbons (Fsp3) is 0.929. The second-order valence-corrected chi connectivity index (χ2v) is 6.67. The fourth-order valence-electron chi connectivity index (χ4n) is 5.11. The Kier molecular flexibility index (Phi) is 2.69. The smallest absolute Gasteiger partial charge is 0.307 e. The van der Waals surface area contributed by atoms with E-state index in [1.807, 2.05) is 0 Å². The molecule has 0 aromatic heterocycles. The second kappa shape index (κ2) is 3.98. The molecule has 3 heteroatoms. The third-order valence-electron chi connectivity index (χ3n) is 5.49. The number of hydrogen-bond acceptors (Lipinski definition) is 3. The molecule has 0 amide bonds. The van der Waals surface area contributed by atoms with Gasteiger partial charge < -0.3 is 10.5 Å². The summed E-state index contributed by atoms with van der Waals surface area (Å²) < 4.78 is 4.77. The normalized spacial score (nSPS) is 44.7. The van der Waals surface area contributed by atoms with Gasteiger partial charge in [-0.05, 0) is 61.7 Å². The van der Waals surface area contributed by atoms with Crippen LogP contribution in [-0.2, 0) is 9.53 Å². The molecule has 0 radical (unpaired) electrons. The molecular weight excluding hydrogens is 214 g/mol. The van der Waals surface area contributed by atoms with Crippen LogP contribution in [0.5, 0.6) is 0 Å². The van der Waals surface area contributed by atoms with E-state index >= 15 is 0 Å². The van der Waals surface area contributed by atoms with Gasteiger partial charge in [-0.2, -0.15) is 0 Å². The summed E-state index contributed by atoms with van der Waals surface area (Å²) in [6, 6.07) is 0.0170.